The molecule has 0 amide bonds. The van der Waals surface area contributed by atoms with Crippen LogP contribution in [0.1, 0.15) is 30.0 Å². The van der Waals surface area contributed by atoms with Crippen molar-refractivity contribution in [3.8, 4) is 5.75 Å². The van der Waals surface area contributed by atoms with Gasteiger partial charge in [-0.1, -0.05) is 66.7 Å². The van der Waals surface area contributed by atoms with Gasteiger partial charge in [0, 0.05) is 18.0 Å². The molecule has 2 heterocycles. The molecule has 2 aliphatic heterocycles. The van der Waals surface area contributed by atoms with Gasteiger partial charge in [-0.2, -0.15) is 0 Å². The molecule has 0 spiro atoms. The van der Waals surface area contributed by atoms with E-state index in [4.69, 9.17) is 4.74 Å². The van der Waals surface area contributed by atoms with E-state index in [1.165, 1.54) is 21.9 Å². The van der Waals surface area contributed by atoms with E-state index in [1.54, 1.807) is 0 Å². The van der Waals surface area contributed by atoms with Gasteiger partial charge in [-0.15, -0.1) is 6.58 Å². The third-order valence-corrected chi connectivity index (χ3v) is 5.58. The quantitative estimate of drug-likeness (QED) is 0.592. The Bertz CT molecular complexity index is 933. The van der Waals surface area contributed by atoms with Crippen LogP contribution in [0.15, 0.2) is 79.4 Å². The van der Waals surface area contributed by atoms with E-state index in [-0.39, 0.29) is 12.3 Å². The topological polar surface area (TPSA) is 12.5 Å². The first-order valence-corrected chi connectivity index (χ1v) is 9.00. The Balaban J connectivity index is 1.80. The molecular formula is C23H21NO. The van der Waals surface area contributed by atoms with Crippen LogP contribution in [-0.2, 0) is 0 Å². The second-order valence-corrected chi connectivity index (χ2v) is 6.91. The number of ether oxygens (including phenoxy) is 1. The molecule has 1 saturated heterocycles. The summed E-state index contributed by atoms with van der Waals surface area (Å²) in [6, 6.07) is 24.3. The zero-order chi connectivity index (χ0) is 16.8. The summed E-state index contributed by atoms with van der Waals surface area (Å²) in [6.07, 6.45) is 4.35. The third-order valence-electron chi connectivity index (χ3n) is 5.58. The summed E-state index contributed by atoms with van der Waals surface area (Å²) in [5.41, 5.74) is 2.61. The van der Waals surface area contributed by atoms with E-state index in [9.17, 15) is 0 Å². The molecule has 0 saturated carbocycles. The Morgan fingerprint density at radius 2 is 1.72 bits per heavy atom. The molecule has 0 aliphatic carbocycles. The summed E-state index contributed by atoms with van der Waals surface area (Å²) in [5.74, 6) is 1.03. The Morgan fingerprint density at radius 1 is 0.920 bits per heavy atom. The molecule has 0 unspecified atom stereocenters. The van der Waals surface area contributed by atoms with Gasteiger partial charge in [-0.05, 0) is 28.8 Å². The molecule has 3 atom stereocenters. The van der Waals surface area contributed by atoms with Crippen molar-refractivity contribution in [1.82, 2.24) is 4.90 Å². The van der Waals surface area contributed by atoms with Crippen molar-refractivity contribution < 1.29 is 4.74 Å². The summed E-state index contributed by atoms with van der Waals surface area (Å²) in [5, 5.41) is 2.54. The molecule has 2 aliphatic rings. The minimum Gasteiger partial charge on any atom is -0.475 e. The van der Waals surface area contributed by atoms with Crippen LogP contribution in [0.5, 0.6) is 5.75 Å². The summed E-state index contributed by atoms with van der Waals surface area (Å²) >= 11 is 0. The second kappa shape index (κ2) is 5.75. The molecule has 1 fully saturated rings. The van der Waals surface area contributed by atoms with Gasteiger partial charge in [-0.25, -0.2) is 0 Å². The van der Waals surface area contributed by atoms with Crippen molar-refractivity contribution >= 4 is 10.8 Å². The van der Waals surface area contributed by atoms with Gasteiger partial charge in [0.05, 0.1) is 6.04 Å². The highest BCUT2D eigenvalue weighted by atomic mass is 16.5. The molecule has 5 rings (SSSR count). The average Bonchev–Trinajstić information content (AvgIpc) is 3.09. The minimum atomic E-state index is 0.127. The van der Waals surface area contributed by atoms with Gasteiger partial charge in [0.25, 0.3) is 0 Å². The van der Waals surface area contributed by atoms with Gasteiger partial charge >= 0.3 is 0 Å². The molecule has 124 valence electrons. The molecule has 3 aromatic rings. The number of nitrogens with zero attached hydrogens (tertiary/aromatic N) is 1. The summed E-state index contributed by atoms with van der Waals surface area (Å²) in [4.78, 5) is 2.51. The number of benzene rings is 3. The van der Waals surface area contributed by atoms with Gasteiger partial charge < -0.3 is 4.74 Å². The van der Waals surface area contributed by atoms with Crippen molar-refractivity contribution in [2.24, 2.45) is 0 Å². The van der Waals surface area contributed by atoms with Gasteiger partial charge in [0.2, 0.25) is 0 Å². The highest BCUT2D eigenvalue weighted by Crippen LogP contribution is 2.48. The fourth-order valence-corrected chi connectivity index (χ4v) is 4.47. The van der Waals surface area contributed by atoms with Crippen LogP contribution < -0.4 is 4.74 Å². The molecule has 0 aromatic heterocycles. The van der Waals surface area contributed by atoms with E-state index >= 15 is 0 Å². The van der Waals surface area contributed by atoms with Crippen molar-refractivity contribution in [3.05, 3.63) is 90.5 Å². The standard InChI is InChI=1S/C23H21NO/c1-2-18-13-15-21-24(18)23(17-9-4-3-5-10-17)22-19-11-7-6-8-16(19)12-14-20(22)25-21/h2-12,14,18,21,23H,1,13,15H2/t18-,21+,23-/m0/s1. The lowest BCUT2D eigenvalue weighted by atomic mass is 9.90. The molecule has 0 bridgehead atoms. The minimum absolute atomic E-state index is 0.127. The number of hydrogen-bond acceptors (Lipinski definition) is 2. The number of rotatable bonds is 2. The maximum Gasteiger partial charge on any atom is 0.154 e. The summed E-state index contributed by atoms with van der Waals surface area (Å²) in [6.45, 7) is 4.08. The smallest absolute Gasteiger partial charge is 0.154 e. The normalized spacial score (nSPS) is 25.2. The first-order valence-electron chi connectivity index (χ1n) is 9.00. The zero-order valence-electron chi connectivity index (χ0n) is 14.1. The molecule has 0 radical (unpaired) electrons. The lowest BCUT2D eigenvalue weighted by Crippen LogP contribution is -2.45. The van der Waals surface area contributed by atoms with E-state index in [2.05, 4.69) is 84.3 Å². The van der Waals surface area contributed by atoms with Crippen LogP contribution in [0.4, 0.5) is 0 Å². The second-order valence-electron chi connectivity index (χ2n) is 6.91. The Morgan fingerprint density at radius 3 is 2.56 bits per heavy atom. The van der Waals surface area contributed by atoms with Crippen LogP contribution in [0.2, 0.25) is 0 Å². The number of hydrogen-bond donors (Lipinski definition) is 0. The number of fused-ring (bicyclic) bond motifs is 4. The lowest BCUT2D eigenvalue weighted by Gasteiger charge is -2.42. The van der Waals surface area contributed by atoms with Crippen molar-refractivity contribution in [2.75, 3.05) is 0 Å². The molecule has 2 nitrogen and oxygen atoms in total. The largest absolute Gasteiger partial charge is 0.475 e. The highest BCUT2D eigenvalue weighted by molar-refractivity contribution is 5.89. The average molecular weight is 327 g/mol. The maximum atomic E-state index is 6.43. The third kappa shape index (κ3) is 2.21. The SMILES string of the molecule is C=C[C@H]1CC[C@H]2Oc3ccc4ccccc4c3[C@H](c3ccccc3)N12. The summed E-state index contributed by atoms with van der Waals surface area (Å²) < 4.78 is 6.43. The fraction of sp³-hybridized carbons (Fsp3) is 0.217. The van der Waals surface area contributed by atoms with E-state index in [1.807, 2.05) is 0 Å². The molecule has 0 N–H and O–H groups in total. The predicted molar refractivity (Wildman–Crippen MR) is 102 cm³/mol. The Hall–Kier alpha value is -2.58. The van der Waals surface area contributed by atoms with Crippen molar-refractivity contribution in [1.29, 1.82) is 0 Å². The van der Waals surface area contributed by atoms with Crippen LogP contribution in [0.25, 0.3) is 10.8 Å². The van der Waals surface area contributed by atoms with Gasteiger partial charge in [-0.3, -0.25) is 4.90 Å². The van der Waals surface area contributed by atoms with Gasteiger partial charge in [0.15, 0.2) is 6.23 Å². The van der Waals surface area contributed by atoms with Crippen LogP contribution in [0.3, 0.4) is 0 Å². The van der Waals surface area contributed by atoms with Crippen LogP contribution >= 0.6 is 0 Å². The zero-order valence-corrected chi connectivity index (χ0v) is 14.1. The maximum absolute atomic E-state index is 6.43. The van der Waals surface area contributed by atoms with E-state index < -0.39 is 0 Å². The van der Waals surface area contributed by atoms with Crippen molar-refractivity contribution in [3.63, 3.8) is 0 Å². The monoisotopic (exact) mass is 327 g/mol. The van der Waals surface area contributed by atoms with Crippen LogP contribution in [-0.4, -0.2) is 17.2 Å². The van der Waals surface area contributed by atoms with E-state index in [0.717, 1.165) is 18.6 Å². The molecule has 3 aromatic carbocycles. The first-order chi connectivity index (χ1) is 12.4. The molecular weight excluding hydrogens is 306 g/mol. The Labute approximate surface area is 148 Å². The van der Waals surface area contributed by atoms with E-state index in [0.29, 0.717) is 6.04 Å². The predicted octanol–water partition coefficient (Wildman–Crippen LogP) is 5.30. The highest BCUT2D eigenvalue weighted by Gasteiger charge is 2.44. The van der Waals surface area contributed by atoms with Gasteiger partial charge in [0.1, 0.15) is 5.75 Å². The fourth-order valence-electron chi connectivity index (χ4n) is 4.47. The molecule has 25 heavy (non-hydrogen) atoms. The first kappa shape index (κ1) is 14.7. The lowest BCUT2D eigenvalue weighted by molar-refractivity contribution is 0.00396. The van der Waals surface area contributed by atoms with Crippen LogP contribution in [0, 0.1) is 0 Å². The Kier molecular flexibility index (Phi) is 3.39. The molecule has 2 heteroatoms. The summed E-state index contributed by atoms with van der Waals surface area (Å²) in [7, 11) is 0. The van der Waals surface area contributed by atoms with Crippen molar-refractivity contribution in [2.45, 2.75) is 31.2 Å².